The number of halogens is 1. The van der Waals surface area contributed by atoms with Gasteiger partial charge >= 0.3 is 5.97 Å². The molecule has 0 N–H and O–H groups in total. The molecule has 1 aliphatic heterocycles. The van der Waals surface area contributed by atoms with E-state index in [9.17, 15) is 14.4 Å². The maximum absolute atomic E-state index is 11.9. The molecule has 1 heterocycles. The Morgan fingerprint density at radius 1 is 1.30 bits per heavy atom. The van der Waals surface area contributed by atoms with Crippen molar-refractivity contribution in [1.29, 1.82) is 0 Å². The molecule has 1 unspecified atom stereocenters. The van der Waals surface area contributed by atoms with Gasteiger partial charge in [-0.05, 0) is 30.7 Å². The van der Waals surface area contributed by atoms with E-state index in [1.807, 2.05) is 0 Å². The summed E-state index contributed by atoms with van der Waals surface area (Å²) in [6.07, 6.45) is 3.78. The van der Waals surface area contributed by atoms with Crippen LogP contribution in [0, 0.1) is 5.92 Å². The van der Waals surface area contributed by atoms with Gasteiger partial charge in [-0.1, -0.05) is 29.8 Å². The van der Waals surface area contributed by atoms with Crippen LogP contribution < -0.4 is 0 Å². The Bertz CT molecular complexity index is 643. The summed E-state index contributed by atoms with van der Waals surface area (Å²) in [6, 6.07) is 6.92. The molecule has 1 aliphatic rings. The number of cyclic esters (lactones) is 1. The van der Waals surface area contributed by atoms with Gasteiger partial charge in [-0.2, -0.15) is 0 Å². The molecule has 2 rings (SSSR count). The lowest BCUT2D eigenvalue weighted by Gasteiger charge is -2.15. The maximum atomic E-state index is 11.9. The molecule has 1 atom stereocenters. The molecule has 0 saturated heterocycles. The van der Waals surface area contributed by atoms with E-state index in [1.165, 1.54) is 19.1 Å². The second-order valence-electron chi connectivity index (χ2n) is 4.27. The normalized spacial score (nSPS) is 18.9. The second kappa shape index (κ2) is 5.84. The van der Waals surface area contributed by atoms with Gasteiger partial charge in [-0.25, -0.2) is 0 Å². The van der Waals surface area contributed by atoms with Gasteiger partial charge in [-0.3, -0.25) is 14.4 Å². The number of rotatable bonds is 3. The van der Waals surface area contributed by atoms with Gasteiger partial charge in [-0.15, -0.1) is 0 Å². The molecule has 0 spiro atoms. The fourth-order valence-electron chi connectivity index (χ4n) is 1.78. The van der Waals surface area contributed by atoms with E-state index < -0.39 is 23.5 Å². The standard InChI is InChI=1S/C15H11ClO4/c1-9-8-13(18)14(15(19)20-9)12(17)7-6-10-4-2-3-5-11(10)16/h2-8,14H,1H3/b7-6+. The van der Waals surface area contributed by atoms with Gasteiger partial charge in [0.1, 0.15) is 5.76 Å². The first-order chi connectivity index (χ1) is 9.49. The smallest absolute Gasteiger partial charge is 0.329 e. The SMILES string of the molecule is CC1=CC(=O)C(C(=O)/C=C/c2ccccc2Cl)C(=O)O1. The average molecular weight is 291 g/mol. The van der Waals surface area contributed by atoms with Gasteiger partial charge in [0, 0.05) is 11.1 Å². The van der Waals surface area contributed by atoms with Crippen molar-refractivity contribution < 1.29 is 19.1 Å². The first-order valence-electron chi connectivity index (χ1n) is 5.89. The van der Waals surface area contributed by atoms with Gasteiger partial charge in [0.2, 0.25) is 0 Å². The summed E-state index contributed by atoms with van der Waals surface area (Å²) >= 11 is 5.94. The molecule has 1 aromatic carbocycles. The molecule has 0 radical (unpaired) electrons. The molecule has 20 heavy (non-hydrogen) atoms. The minimum atomic E-state index is -1.42. The van der Waals surface area contributed by atoms with Crippen LogP contribution in [0.25, 0.3) is 6.08 Å². The summed E-state index contributed by atoms with van der Waals surface area (Å²) in [6.45, 7) is 1.48. The van der Waals surface area contributed by atoms with Gasteiger partial charge in [0.15, 0.2) is 17.5 Å². The number of allylic oxidation sites excluding steroid dienone is 3. The molecular weight excluding hydrogens is 280 g/mol. The minimum absolute atomic E-state index is 0.194. The van der Waals surface area contributed by atoms with Gasteiger partial charge < -0.3 is 4.74 Å². The topological polar surface area (TPSA) is 60.4 Å². The molecular formula is C15H11ClO4. The molecule has 0 amide bonds. The van der Waals surface area contributed by atoms with Crippen LogP contribution in [0.3, 0.4) is 0 Å². The van der Waals surface area contributed by atoms with Gasteiger partial charge in [0.05, 0.1) is 0 Å². The number of hydrogen-bond donors (Lipinski definition) is 0. The highest BCUT2D eigenvalue weighted by atomic mass is 35.5. The van der Waals surface area contributed by atoms with Crippen LogP contribution in [-0.4, -0.2) is 17.5 Å². The summed E-state index contributed by atoms with van der Waals surface area (Å²) < 4.78 is 4.79. The van der Waals surface area contributed by atoms with E-state index in [0.717, 1.165) is 6.08 Å². The molecule has 0 aliphatic carbocycles. The molecule has 1 aromatic rings. The molecule has 0 saturated carbocycles. The first-order valence-corrected chi connectivity index (χ1v) is 6.27. The van der Waals surface area contributed by atoms with E-state index in [-0.39, 0.29) is 5.76 Å². The quantitative estimate of drug-likeness (QED) is 0.488. The summed E-state index contributed by atoms with van der Waals surface area (Å²) in [5.74, 6) is -3.25. The minimum Gasteiger partial charge on any atom is -0.430 e. The van der Waals surface area contributed by atoms with Crippen molar-refractivity contribution in [1.82, 2.24) is 0 Å². The monoisotopic (exact) mass is 290 g/mol. The predicted molar refractivity (Wildman–Crippen MR) is 73.8 cm³/mol. The Kier molecular flexibility index (Phi) is 4.15. The van der Waals surface area contributed by atoms with Crippen molar-refractivity contribution >= 4 is 35.2 Å². The Hall–Kier alpha value is -2.20. The highest BCUT2D eigenvalue weighted by Gasteiger charge is 2.36. The molecule has 4 nitrogen and oxygen atoms in total. The third-order valence-electron chi connectivity index (χ3n) is 2.74. The van der Waals surface area contributed by atoms with E-state index in [1.54, 1.807) is 24.3 Å². The lowest BCUT2D eigenvalue weighted by Crippen LogP contribution is -2.34. The van der Waals surface area contributed by atoms with Crippen LogP contribution in [0.4, 0.5) is 0 Å². The van der Waals surface area contributed by atoms with Crippen LogP contribution in [0.5, 0.6) is 0 Å². The molecule has 0 fully saturated rings. The van der Waals surface area contributed by atoms with E-state index >= 15 is 0 Å². The summed E-state index contributed by atoms with van der Waals surface area (Å²) in [4.78, 5) is 35.2. The number of ether oxygens (including phenoxy) is 1. The maximum Gasteiger partial charge on any atom is 0.329 e. The Morgan fingerprint density at radius 3 is 2.65 bits per heavy atom. The number of ketones is 2. The Balaban J connectivity index is 2.19. The van der Waals surface area contributed by atoms with E-state index in [0.29, 0.717) is 10.6 Å². The predicted octanol–water partition coefficient (Wildman–Crippen LogP) is 2.57. The lowest BCUT2D eigenvalue weighted by atomic mass is 9.96. The highest BCUT2D eigenvalue weighted by molar-refractivity contribution is 6.32. The average Bonchev–Trinajstić information content (AvgIpc) is 2.36. The summed E-state index contributed by atoms with van der Waals surface area (Å²) in [5.41, 5.74) is 0.630. The molecule has 0 aromatic heterocycles. The Morgan fingerprint density at radius 2 is 2.00 bits per heavy atom. The van der Waals surface area contributed by atoms with Gasteiger partial charge in [0.25, 0.3) is 0 Å². The largest absolute Gasteiger partial charge is 0.430 e. The Labute approximate surface area is 120 Å². The van der Waals surface area contributed by atoms with Crippen LogP contribution in [0.2, 0.25) is 5.02 Å². The third-order valence-corrected chi connectivity index (χ3v) is 3.09. The summed E-state index contributed by atoms with van der Waals surface area (Å²) in [5, 5.41) is 0.477. The second-order valence-corrected chi connectivity index (χ2v) is 4.68. The zero-order valence-electron chi connectivity index (χ0n) is 10.6. The fourth-order valence-corrected chi connectivity index (χ4v) is 1.98. The number of carbonyl (C=O) groups is 3. The zero-order valence-corrected chi connectivity index (χ0v) is 11.4. The highest BCUT2D eigenvalue weighted by Crippen LogP contribution is 2.19. The fraction of sp³-hybridized carbons (Fsp3) is 0.133. The van der Waals surface area contributed by atoms with Crippen molar-refractivity contribution in [3.8, 4) is 0 Å². The van der Waals surface area contributed by atoms with Crippen molar-refractivity contribution in [2.75, 3.05) is 0 Å². The van der Waals surface area contributed by atoms with Crippen molar-refractivity contribution in [2.45, 2.75) is 6.92 Å². The van der Waals surface area contributed by atoms with E-state index in [2.05, 4.69) is 0 Å². The van der Waals surface area contributed by atoms with E-state index in [4.69, 9.17) is 16.3 Å². The number of carbonyl (C=O) groups excluding carboxylic acids is 3. The van der Waals surface area contributed by atoms with Crippen LogP contribution in [0.15, 0.2) is 42.2 Å². The lowest BCUT2D eigenvalue weighted by molar-refractivity contribution is -0.151. The van der Waals surface area contributed by atoms with Crippen molar-refractivity contribution in [3.05, 3.63) is 52.8 Å². The van der Waals surface area contributed by atoms with Crippen LogP contribution >= 0.6 is 11.6 Å². The van der Waals surface area contributed by atoms with Crippen LogP contribution in [-0.2, 0) is 19.1 Å². The number of esters is 1. The van der Waals surface area contributed by atoms with Crippen molar-refractivity contribution in [3.63, 3.8) is 0 Å². The number of benzene rings is 1. The molecule has 5 heteroatoms. The zero-order chi connectivity index (χ0) is 14.7. The number of hydrogen-bond acceptors (Lipinski definition) is 4. The first kappa shape index (κ1) is 14.2. The molecule has 0 bridgehead atoms. The van der Waals surface area contributed by atoms with Crippen LogP contribution in [0.1, 0.15) is 12.5 Å². The third kappa shape index (κ3) is 3.03. The summed E-state index contributed by atoms with van der Waals surface area (Å²) in [7, 11) is 0. The molecule has 102 valence electrons. The van der Waals surface area contributed by atoms with Crippen molar-refractivity contribution in [2.24, 2.45) is 5.92 Å².